The molecule has 0 aromatic heterocycles. The van der Waals surface area contributed by atoms with Gasteiger partial charge in [0.2, 0.25) is 0 Å². The van der Waals surface area contributed by atoms with Gasteiger partial charge in [-0.3, -0.25) is 9.11 Å². The Balaban J connectivity index is 4.23. The summed E-state index contributed by atoms with van der Waals surface area (Å²) in [6.45, 7) is 0. The van der Waals surface area contributed by atoms with Crippen molar-refractivity contribution >= 4 is 20.2 Å². The van der Waals surface area contributed by atoms with E-state index >= 15 is 0 Å². The smallest absolute Gasteiger partial charge is 0.291 e. The van der Waals surface area contributed by atoms with Crippen LogP contribution in [0.5, 0.6) is 0 Å². The Kier molecular flexibility index (Phi) is 4.42. The molecule has 0 aliphatic rings. The van der Waals surface area contributed by atoms with Gasteiger partial charge in [0, 0.05) is 0 Å². The molecule has 4 N–H and O–H groups in total. The summed E-state index contributed by atoms with van der Waals surface area (Å²) in [5.41, 5.74) is -4.36. The van der Waals surface area contributed by atoms with Gasteiger partial charge in [0.05, 0.1) is 0 Å². The van der Waals surface area contributed by atoms with Gasteiger partial charge >= 0.3 is 0 Å². The molecule has 0 spiro atoms. The Morgan fingerprint density at radius 2 is 1.00 bits per heavy atom. The van der Waals surface area contributed by atoms with E-state index in [0.29, 0.717) is 0 Å². The van der Waals surface area contributed by atoms with E-state index in [0.717, 1.165) is 0 Å². The highest BCUT2D eigenvalue weighted by molar-refractivity contribution is 7.86. The summed E-state index contributed by atoms with van der Waals surface area (Å²) < 4.78 is 57.3. The van der Waals surface area contributed by atoms with Crippen LogP contribution in [0.1, 0.15) is 12.8 Å². The van der Waals surface area contributed by atoms with Crippen molar-refractivity contribution in [1.29, 1.82) is 0 Å². The summed E-state index contributed by atoms with van der Waals surface area (Å²) >= 11 is 0. The van der Waals surface area contributed by atoms with E-state index in [9.17, 15) is 16.8 Å². The standard InChI is InChI=1S/C4H10O8S2/c5-3(13(7,8)9)1-2-4(6)14(10,11)12/h3-6H,1-2H2,(H,7,8,9)(H,10,11,12)/t3-,4-/m0/s1. The predicted octanol–water partition coefficient (Wildman–Crippen LogP) is -1.82. The molecule has 0 unspecified atom stereocenters. The summed E-state index contributed by atoms with van der Waals surface area (Å²) in [4.78, 5) is 0. The second kappa shape index (κ2) is 4.51. The topological polar surface area (TPSA) is 149 Å². The van der Waals surface area contributed by atoms with Gasteiger partial charge < -0.3 is 10.2 Å². The van der Waals surface area contributed by atoms with Crippen LogP contribution in [-0.2, 0) is 20.2 Å². The lowest BCUT2D eigenvalue weighted by atomic mass is 10.3. The Morgan fingerprint density at radius 1 is 0.786 bits per heavy atom. The summed E-state index contributed by atoms with van der Waals surface area (Å²) in [6.07, 6.45) is -1.42. The average Bonchev–Trinajstić information content (AvgIpc) is 1.95. The zero-order valence-electron chi connectivity index (χ0n) is 6.81. The molecule has 0 aromatic rings. The fourth-order valence-corrected chi connectivity index (χ4v) is 1.45. The van der Waals surface area contributed by atoms with Crippen LogP contribution in [0.2, 0.25) is 0 Å². The van der Waals surface area contributed by atoms with Crippen molar-refractivity contribution in [3.8, 4) is 0 Å². The molecule has 10 heteroatoms. The van der Waals surface area contributed by atoms with Crippen LogP contribution in [0, 0.1) is 0 Å². The van der Waals surface area contributed by atoms with Crippen molar-refractivity contribution in [2.45, 2.75) is 23.7 Å². The molecule has 0 aliphatic carbocycles. The highest BCUT2D eigenvalue weighted by Crippen LogP contribution is 2.09. The van der Waals surface area contributed by atoms with E-state index in [1.54, 1.807) is 0 Å². The van der Waals surface area contributed by atoms with Crippen molar-refractivity contribution in [3.63, 3.8) is 0 Å². The second-order valence-corrected chi connectivity index (χ2v) is 5.66. The van der Waals surface area contributed by atoms with Crippen molar-refractivity contribution in [3.05, 3.63) is 0 Å². The molecular weight excluding hydrogens is 240 g/mol. The lowest BCUT2D eigenvalue weighted by Gasteiger charge is -2.09. The highest BCUT2D eigenvalue weighted by atomic mass is 32.2. The van der Waals surface area contributed by atoms with Crippen molar-refractivity contribution in [2.75, 3.05) is 0 Å². The number of aliphatic hydroxyl groups excluding tert-OH is 2. The first-order valence-corrected chi connectivity index (χ1v) is 6.34. The van der Waals surface area contributed by atoms with Gasteiger partial charge in [0.1, 0.15) is 0 Å². The van der Waals surface area contributed by atoms with Gasteiger partial charge in [0.15, 0.2) is 10.9 Å². The Labute approximate surface area is 80.7 Å². The molecule has 0 fully saturated rings. The second-order valence-electron chi connectivity index (χ2n) is 2.52. The zero-order valence-corrected chi connectivity index (χ0v) is 8.44. The third-order valence-electron chi connectivity index (χ3n) is 1.35. The molecule has 0 radical (unpaired) electrons. The fourth-order valence-electron chi connectivity index (χ4n) is 0.583. The van der Waals surface area contributed by atoms with Crippen LogP contribution in [-0.4, -0.2) is 47.0 Å². The van der Waals surface area contributed by atoms with E-state index in [4.69, 9.17) is 19.3 Å². The first-order valence-electron chi connectivity index (χ1n) is 3.34. The molecule has 86 valence electrons. The molecule has 14 heavy (non-hydrogen) atoms. The maximum absolute atomic E-state index is 10.2. The van der Waals surface area contributed by atoms with Crippen molar-refractivity contribution in [2.24, 2.45) is 0 Å². The largest absolute Gasteiger partial charge is 0.375 e. The Bertz CT molecular complexity index is 328. The molecule has 0 rings (SSSR count). The molecule has 0 amide bonds. The fraction of sp³-hybridized carbons (Fsp3) is 1.00. The minimum atomic E-state index is -4.68. The van der Waals surface area contributed by atoms with E-state index in [1.165, 1.54) is 0 Å². The van der Waals surface area contributed by atoms with Crippen LogP contribution in [0.3, 0.4) is 0 Å². The minimum absolute atomic E-state index is 0.709. The van der Waals surface area contributed by atoms with Crippen LogP contribution in [0.15, 0.2) is 0 Å². The first kappa shape index (κ1) is 13.7. The maximum atomic E-state index is 10.2. The van der Waals surface area contributed by atoms with E-state index in [2.05, 4.69) is 0 Å². The summed E-state index contributed by atoms with van der Waals surface area (Å²) in [5, 5.41) is 17.3. The minimum Gasteiger partial charge on any atom is -0.375 e. The van der Waals surface area contributed by atoms with E-state index in [1.807, 2.05) is 0 Å². The van der Waals surface area contributed by atoms with Gasteiger partial charge in [-0.2, -0.15) is 16.8 Å². The number of hydrogen-bond donors (Lipinski definition) is 4. The molecule has 0 saturated heterocycles. The third kappa shape index (κ3) is 4.83. The quantitative estimate of drug-likeness (QED) is 0.416. The molecule has 0 heterocycles. The van der Waals surface area contributed by atoms with Crippen LogP contribution in [0.25, 0.3) is 0 Å². The Hall–Kier alpha value is -0.260. The molecule has 0 saturated carbocycles. The number of hydrogen-bond acceptors (Lipinski definition) is 6. The molecule has 0 bridgehead atoms. The van der Waals surface area contributed by atoms with Crippen molar-refractivity contribution in [1.82, 2.24) is 0 Å². The van der Waals surface area contributed by atoms with E-state index in [-0.39, 0.29) is 0 Å². The predicted molar refractivity (Wildman–Crippen MR) is 44.3 cm³/mol. The van der Waals surface area contributed by atoms with Gasteiger partial charge in [-0.25, -0.2) is 0 Å². The van der Waals surface area contributed by atoms with Crippen molar-refractivity contribution < 1.29 is 36.2 Å². The highest BCUT2D eigenvalue weighted by Gasteiger charge is 2.25. The summed E-state index contributed by atoms with van der Waals surface area (Å²) in [6, 6.07) is 0. The normalized spacial score (nSPS) is 17.7. The van der Waals surface area contributed by atoms with E-state index < -0.39 is 43.9 Å². The van der Waals surface area contributed by atoms with Crippen LogP contribution < -0.4 is 0 Å². The number of aliphatic hydroxyl groups is 2. The van der Waals surface area contributed by atoms with Crippen LogP contribution in [0.4, 0.5) is 0 Å². The molecule has 2 atom stereocenters. The summed E-state index contributed by atoms with van der Waals surface area (Å²) in [5.74, 6) is 0. The Morgan fingerprint density at radius 3 is 1.14 bits per heavy atom. The van der Waals surface area contributed by atoms with Gasteiger partial charge in [-0.15, -0.1) is 0 Å². The van der Waals surface area contributed by atoms with Gasteiger partial charge in [-0.1, -0.05) is 0 Å². The number of rotatable bonds is 5. The van der Waals surface area contributed by atoms with Gasteiger partial charge in [-0.05, 0) is 12.8 Å². The molecule has 8 nitrogen and oxygen atoms in total. The molecule has 0 aliphatic heterocycles. The third-order valence-corrected chi connectivity index (χ3v) is 3.19. The molecular formula is C4H10O8S2. The average molecular weight is 250 g/mol. The lowest BCUT2D eigenvalue weighted by molar-refractivity contribution is 0.178. The lowest BCUT2D eigenvalue weighted by Crippen LogP contribution is -2.25. The summed E-state index contributed by atoms with van der Waals surface area (Å²) in [7, 11) is -9.35. The maximum Gasteiger partial charge on any atom is 0.291 e. The first-order chi connectivity index (χ1) is 6.05. The molecule has 0 aromatic carbocycles. The van der Waals surface area contributed by atoms with Gasteiger partial charge in [0.25, 0.3) is 20.2 Å². The monoisotopic (exact) mass is 250 g/mol. The zero-order chi connectivity index (χ0) is 11.6. The SMILES string of the molecule is O=S(=O)(O)[C@H](O)CC[C@@H](O)S(=O)(=O)O. The van der Waals surface area contributed by atoms with Crippen LogP contribution >= 0.6 is 0 Å².